The summed E-state index contributed by atoms with van der Waals surface area (Å²) in [5.74, 6) is 0. The van der Waals surface area contributed by atoms with Crippen molar-refractivity contribution in [2.24, 2.45) is 5.73 Å². The quantitative estimate of drug-likeness (QED) is 0.706. The number of hydrogen-bond donors (Lipinski definition) is 2. The Kier molecular flexibility index (Phi) is 2.50. The highest BCUT2D eigenvalue weighted by molar-refractivity contribution is 5.50. The first kappa shape index (κ1) is 10.8. The van der Waals surface area contributed by atoms with Crippen molar-refractivity contribution in [2.45, 2.75) is 25.7 Å². The predicted molar refractivity (Wildman–Crippen MR) is 69.0 cm³/mol. The monoisotopic (exact) mass is 214 g/mol. The minimum atomic E-state index is 0.0430. The van der Waals surface area contributed by atoms with Gasteiger partial charge in [-0.15, -0.1) is 0 Å². The van der Waals surface area contributed by atoms with Crippen molar-refractivity contribution < 1.29 is 0 Å². The zero-order valence-corrected chi connectivity index (χ0v) is 9.83. The highest BCUT2D eigenvalue weighted by atomic mass is 14.6. The molecule has 4 N–H and O–H groups in total. The summed E-state index contributed by atoms with van der Waals surface area (Å²) in [7, 11) is 0. The van der Waals surface area contributed by atoms with E-state index in [0.717, 1.165) is 23.4 Å². The van der Waals surface area contributed by atoms with Gasteiger partial charge in [-0.2, -0.15) is 0 Å². The van der Waals surface area contributed by atoms with Crippen molar-refractivity contribution in [3.05, 3.63) is 53.3 Å². The number of hydrogen-bond acceptors (Lipinski definition) is 2. The van der Waals surface area contributed by atoms with Gasteiger partial charge in [0.25, 0.3) is 0 Å². The Bertz CT molecular complexity index is 472. The molecule has 0 aromatic heterocycles. The average molecular weight is 214 g/mol. The largest absolute Gasteiger partial charge is 0.399 e. The van der Waals surface area contributed by atoms with E-state index in [0.29, 0.717) is 0 Å². The topological polar surface area (TPSA) is 52.0 Å². The molecular weight excluding hydrogens is 196 g/mol. The van der Waals surface area contributed by atoms with E-state index >= 15 is 0 Å². The zero-order valence-electron chi connectivity index (χ0n) is 9.83. The molecule has 1 aromatic carbocycles. The average Bonchev–Trinajstić information content (AvgIpc) is 2.26. The van der Waals surface area contributed by atoms with Gasteiger partial charge in [-0.05, 0) is 36.6 Å². The van der Waals surface area contributed by atoms with Crippen molar-refractivity contribution >= 4 is 5.69 Å². The molecule has 0 spiro atoms. The molecule has 84 valence electrons. The summed E-state index contributed by atoms with van der Waals surface area (Å²) < 4.78 is 0. The number of benzene rings is 1. The van der Waals surface area contributed by atoms with Crippen LogP contribution in [-0.4, -0.2) is 0 Å². The molecule has 0 aliphatic heterocycles. The Morgan fingerprint density at radius 2 is 2.00 bits per heavy atom. The lowest BCUT2D eigenvalue weighted by molar-refractivity contribution is 0.595. The first-order valence-electron chi connectivity index (χ1n) is 5.53. The fourth-order valence-electron chi connectivity index (χ4n) is 1.99. The van der Waals surface area contributed by atoms with Gasteiger partial charge in [-0.25, -0.2) is 0 Å². The normalized spacial score (nSPS) is 24.2. The van der Waals surface area contributed by atoms with Crippen LogP contribution in [-0.2, 0) is 5.41 Å². The van der Waals surface area contributed by atoms with Gasteiger partial charge in [0.1, 0.15) is 0 Å². The Balaban J connectivity index is 2.38. The maximum atomic E-state index is 5.83. The SMILES string of the molecule is Cc1cc(C2(C)C=CC(N)=CC2)ccc1N. The van der Waals surface area contributed by atoms with Crippen LogP contribution >= 0.6 is 0 Å². The predicted octanol–water partition coefficient (Wildman–Crippen LogP) is 2.64. The molecule has 1 aromatic rings. The Morgan fingerprint density at radius 1 is 1.25 bits per heavy atom. The second-order valence-corrected chi connectivity index (χ2v) is 4.73. The Hall–Kier alpha value is -1.70. The third kappa shape index (κ3) is 1.83. The van der Waals surface area contributed by atoms with E-state index in [2.05, 4.69) is 31.2 Å². The van der Waals surface area contributed by atoms with Crippen LogP contribution in [0, 0.1) is 6.92 Å². The number of allylic oxidation sites excluding steroid dienone is 3. The van der Waals surface area contributed by atoms with Crippen LogP contribution in [0.15, 0.2) is 42.1 Å². The van der Waals surface area contributed by atoms with Crippen molar-refractivity contribution in [2.75, 3.05) is 5.73 Å². The first-order chi connectivity index (χ1) is 7.51. The molecule has 1 unspecified atom stereocenters. The first-order valence-corrected chi connectivity index (χ1v) is 5.53. The molecule has 0 saturated carbocycles. The Morgan fingerprint density at radius 3 is 2.56 bits per heavy atom. The molecule has 1 aliphatic rings. The highest BCUT2D eigenvalue weighted by Gasteiger charge is 2.24. The van der Waals surface area contributed by atoms with Gasteiger partial charge < -0.3 is 11.5 Å². The molecule has 0 amide bonds. The van der Waals surface area contributed by atoms with Gasteiger partial charge in [0.2, 0.25) is 0 Å². The second-order valence-electron chi connectivity index (χ2n) is 4.73. The number of anilines is 1. The minimum absolute atomic E-state index is 0.0430. The third-order valence-electron chi connectivity index (χ3n) is 3.33. The zero-order chi connectivity index (χ0) is 11.8. The van der Waals surface area contributed by atoms with Crippen LogP contribution in [0.3, 0.4) is 0 Å². The molecule has 1 aliphatic carbocycles. The van der Waals surface area contributed by atoms with Crippen LogP contribution in [0.5, 0.6) is 0 Å². The standard InChI is InChI=1S/C14H18N2/c1-10-9-11(3-4-13(10)16)14(2)7-5-12(15)6-8-14/h3-7,9H,8,15-16H2,1-2H3. The van der Waals surface area contributed by atoms with E-state index in [1.165, 1.54) is 5.56 Å². The number of nitrogens with two attached hydrogens (primary N) is 2. The smallest absolute Gasteiger partial charge is 0.0343 e. The molecule has 0 bridgehead atoms. The second kappa shape index (κ2) is 3.71. The minimum Gasteiger partial charge on any atom is -0.399 e. The third-order valence-corrected chi connectivity index (χ3v) is 3.33. The van der Waals surface area contributed by atoms with Gasteiger partial charge in [0.05, 0.1) is 0 Å². The summed E-state index contributed by atoms with van der Waals surface area (Å²) in [6.45, 7) is 4.26. The van der Waals surface area contributed by atoms with Crippen molar-refractivity contribution in [3.8, 4) is 0 Å². The summed E-state index contributed by atoms with van der Waals surface area (Å²) >= 11 is 0. The summed E-state index contributed by atoms with van der Waals surface area (Å²) in [4.78, 5) is 0. The van der Waals surface area contributed by atoms with Crippen molar-refractivity contribution in [1.82, 2.24) is 0 Å². The van der Waals surface area contributed by atoms with E-state index in [1.807, 2.05) is 19.1 Å². The van der Waals surface area contributed by atoms with E-state index in [1.54, 1.807) is 0 Å². The molecule has 2 nitrogen and oxygen atoms in total. The van der Waals surface area contributed by atoms with E-state index in [9.17, 15) is 0 Å². The number of aryl methyl sites for hydroxylation is 1. The number of rotatable bonds is 1. The van der Waals surface area contributed by atoms with Crippen LogP contribution in [0.25, 0.3) is 0 Å². The van der Waals surface area contributed by atoms with Crippen LogP contribution in [0.1, 0.15) is 24.5 Å². The molecule has 2 heteroatoms. The van der Waals surface area contributed by atoms with Crippen LogP contribution in [0.4, 0.5) is 5.69 Å². The lowest BCUT2D eigenvalue weighted by atomic mass is 9.76. The van der Waals surface area contributed by atoms with Gasteiger partial charge in [-0.3, -0.25) is 0 Å². The van der Waals surface area contributed by atoms with Gasteiger partial charge in [0.15, 0.2) is 0 Å². The fraction of sp³-hybridized carbons (Fsp3) is 0.286. The van der Waals surface area contributed by atoms with E-state index < -0.39 is 0 Å². The Labute approximate surface area is 96.6 Å². The van der Waals surface area contributed by atoms with Gasteiger partial charge in [0, 0.05) is 16.8 Å². The van der Waals surface area contributed by atoms with Crippen LogP contribution < -0.4 is 11.5 Å². The molecule has 0 radical (unpaired) electrons. The molecule has 0 fully saturated rings. The lowest BCUT2D eigenvalue weighted by Gasteiger charge is -2.28. The molecular formula is C14H18N2. The molecule has 2 rings (SSSR count). The van der Waals surface area contributed by atoms with Crippen molar-refractivity contribution in [1.29, 1.82) is 0 Å². The maximum absolute atomic E-state index is 5.83. The fourth-order valence-corrected chi connectivity index (χ4v) is 1.99. The summed E-state index contributed by atoms with van der Waals surface area (Å²) in [5.41, 5.74) is 15.7. The summed E-state index contributed by atoms with van der Waals surface area (Å²) in [6.07, 6.45) is 7.17. The number of nitrogen functional groups attached to an aromatic ring is 1. The highest BCUT2D eigenvalue weighted by Crippen LogP contribution is 2.34. The molecule has 0 heterocycles. The maximum Gasteiger partial charge on any atom is 0.0343 e. The van der Waals surface area contributed by atoms with E-state index in [-0.39, 0.29) is 5.41 Å². The van der Waals surface area contributed by atoms with Crippen molar-refractivity contribution in [3.63, 3.8) is 0 Å². The summed E-state index contributed by atoms with van der Waals surface area (Å²) in [6, 6.07) is 6.24. The van der Waals surface area contributed by atoms with Crippen LogP contribution in [0.2, 0.25) is 0 Å². The summed E-state index contributed by atoms with van der Waals surface area (Å²) in [5, 5.41) is 0. The molecule has 1 atom stereocenters. The van der Waals surface area contributed by atoms with Gasteiger partial charge >= 0.3 is 0 Å². The molecule has 0 saturated heterocycles. The van der Waals surface area contributed by atoms with E-state index in [4.69, 9.17) is 11.5 Å². The van der Waals surface area contributed by atoms with Gasteiger partial charge in [-0.1, -0.05) is 31.2 Å². The lowest BCUT2D eigenvalue weighted by Crippen LogP contribution is -2.21. The molecule has 16 heavy (non-hydrogen) atoms.